The standard InChI is InChI=1S/C18H21ClN4O2S2/c1-13-2-3-14(19)12-17(13)22-8-10-23(11-9-22)18(26)21-15-4-6-16(7-5-15)27(20,24)25/h2-7,12H,8-11H2,1H3,(H,21,26)(H2,20,24,25). The number of hydrogen-bond donors (Lipinski definition) is 2. The van der Waals surface area contributed by atoms with Gasteiger partial charge in [0.15, 0.2) is 5.11 Å². The predicted octanol–water partition coefficient (Wildman–Crippen LogP) is 2.81. The third-order valence-electron chi connectivity index (χ3n) is 4.51. The molecule has 144 valence electrons. The van der Waals surface area contributed by atoms with Crippen molar-refractivity contribution in [2.24, 2.45) is 5.14 Å². The summed E-state index contributed by atoms with van der Waals surface area (Å²) in [6, 6.07) is 12.1. The van der Waals surface area contributed by atoms with Gasteiger partial charge in [-0.3, -0.25) is 0 Å². The Morgan fingerprint density at radius 1 is 1.11 bits per heavy atom. The number of aryl methyl sites for hydroxylation is 1. The van der Waals surface area contributed by atoms with E-state index in [2.05, 4.69) is 22.0 Å². The van der Waals surface area contributed by atoms with Gasteiger partial charge in [-0.2, -0.15) is 0 Å². The molecule has 3 N–H and O–H groups in total. The number of sulfonamides is 1. The highest BCUT2D eigenvalue weighted by Gasteiger charge is 2.20. The van der Waals surface area contributed by atoms with Crippen molar-refractivity contribution >= 4 is 50.3 Å². The van der Waals surface area contributed by atoms with Gasteiger partial charge in [0.2, 0.25) is 10.0 Å². The summed E-state index contributed by atoms with van der Waals surface area (Å²) in [5, 5.41) is 9.60. The predicted molar refractivity (Wildman–Crippen MR) is 114 cm³/mol. The lowest BCUT2D eigenvalue weighted by Gasteiger charge is -2.38. The summed E-state index contributed by atoms with van der Waals surface area (Å²) in [4.78, 5) is 4.48. The molecule has 1 heterocycles. The van der Waals surface area contributed by atoms with Gasteiger partial charge in [0.05, 0.1) is 4.90 Å². The second kappa shape index (κ2) is 8.02. The van der Waals surface area contributed by atoms with E-state index in [-0.39, 0.29) is 4.90 Å². The van der Waals surface area contributed by atoms with E-state index < -0.39 is 10.0 Å². The number of benzene rings is 2. The molecule has 0 radical (unpaired) electrons. The molecule has 0 aromatic heterocycles. The van der Waals surface area contributed by atoms with Crippen molar-refractivity contribution in [3.8, 4) is 0 Å². The van der Waals surface area contributed by atoms with Crippen molar-refractivity contribution in [3.63, 3.8) is 0 Å². The first-order chi connectivity index (χ1) is 12.7. The van der Waals surface area contributed by atoms with Crippen molar-refractivity contribution in [2.75, 3.05) is 36.4 Å². The number of anilines is 2. The Kier molecular flexibility index (Phi) is 5.90. The average molecular weight is 425 g/mol. The Morgan fingerprint density at radius 3 is 2.33 bits per heavy atom. The molecule has 0 spiro atoms. The van der Waals surface area contributed by atoms with E-state index in [0.717, 1.165) is 42.6 Å². The van der Waals surface area contributed by atoms with Crippen LogP contribution in [0.1, 0.15) is 5.56 Å². The molecule has 1 fully saturated rings. The number of nitrogens with zero attached hydrogens (tertiary/aromatic N) is 2. The third-order valence-corrected chi connectivity index (χ3v) is 6.04. The van der Waals surface area contributed by atoms with Gasteiger partial charge < -0.3 is 15.1 Å². The Hall–Kier alpha value is -1.87. The van der Waals surface area contributed by atoms with Gasteiger partial charge in [-0.15, -0.1) is 0 Å². The summed E-state index contributed by atoms with van der Waals surface area (Å²) in [7, 11) is -3.69. The minimum atomic E-state index is -3.69. The topological polar surface area (TPSA) is 78.7 Å². The quantitative estimate of drug-likeness (QED) is 0.737. The molecule has 0 aliphatic carbocycles. The van der Waals surface area contributed by atoms with E-state index in [1.54, 1.807) is 12.1 Å². The molecule has 1 saturated heterocycles. The molecule has 9 heteroatoms. The highest BCUT2D eigenvalue weighted by Crippen LogP contribution is 2.25. The van der Waals surface area contributed by atoms with E-state index in [1.165, 1.54) is 17.7 Å². The van der Waals surface area contributed by atoms with Crippen LogP contribution in [-0.2, 0) is 10.0 Å². The normalized spacial score (nSPS) is 14.9. The minimum Gasteiger partial charge on any atom is -0.368 e. The summed E-state index contributed by atoms with van der Waals surface area (Å²) in [6.45, 7) is 5.33. The maximum absolute atomic E-state index is 11.3. The van der Waals surface area contributed by atoms with E-state index in [1.807, 2.05) is 18.2 Å². The van der Waals surface area contributed by atoms with Crippen molar-refractivity contribution < 1.29 is 8.42 Å². The number of halogens is 1. The molecule has 0 bridgehead atoms. The molecule has 0 atom stereocenters. The number of piperazine rings is 1. The molecule has 0 amide bonds. The lowest BCUT2D eigenvalue weighted by molar-refractivity contribution is 0.390. The zero-order chi connectivity index (χ0) is 19.6. The first-order valence-electron chi connectivity index (χ1n) is 8.44. The number of thiocarbonyl (C=S) groups is 1. The number of rotatable bonds is 3. The van der Waals surface area contributed by atoms with E-state index in [0.29, 0.717) is 5.11 Å². The lowest BCUT2D eigenvalue weighted by Crippen LogP contribution is -2.50. The van der Waals surface area contributed by atoms with Crippen LogP contribution in [0.4, 0.5) is 11.4 Å². The van der Waals surface area contributed by atoms with Crippen LogP contribution in [0, 0.1) is 6.92 Å². The number of primary sulfonamides is 1. The van der Waals surface area contributed by atoms with Crippen molar-refractivity contribution in [3.05, 3.63) is 53.1 Å². The van der Waals surface area contributed by atoms with Crippen LogP contribution in [0.15, 0.2) is 47.4 Å². The summed E-state index contributed by atoms with van der Waals surface area (Å²) in [5.74, 6) is 0. The molecule has 3 rings (SSSR count). The van der Waals surface area contributed by atoms with Crippen LogP contribution in [0.3, 0.4) is 0 Å². The zero-order valence-electron chi connectivity index (χ0n) is 14.9. The Balaban J connectivity index is 1.59. The fraction of sp³-hybridized carbons (Fsp3) is 0.278. The van der Waals surface area contributed by atoms with Crippen LogP contribution < -0.4 is 15.4 Å². The second-order valence-corrected chi connectivity index (χ2v) is 8.79. The van der Waals surface area contributed by atoms with E-state index in [4.69, 9.17) is 29.0 Å². The van der Waals surface area contributed by atoms with Crippen LogP contribution in [0.2, 0.25) is 5.02 Å². The SMILES string of the molecule is Cc1ccc(Cl)cc1N1CCN(C(=S)Nc2ccc(S(N)(=O)=O)cc2)CC1. The highest BCUT2D eigenvalue weighted by atomic mass is 35.5. The monoisotopic (exact) mass is 424 g/mol. The first-order valence-corrected chi connectivity index (χ1v) is 10.8. The molecule has 2 aromatic rings. The Bertz CT molecular complexity index is 940. The first kappa shape index (κ1) is 19.9. The smallest absolute Gasteiger partial charge is 0.238 e. The molecule has 1 aliphatic heterocycles. The van der Waals surface area contributed by atoms with Gasteiger partial charge in [0, 0.05) is 42.6 Å². The second-order valence-electron chi connectivity index (χ2n) is 6.40. The maximum atomic E-state index is 11.3. The average Bonchev–Trinajstić information content (AvgIpc) is 2.63. The summed E-state index contributed by atoms with van der Waals surface area (Å²) < 4.78 is 22.6. The largest absolute Gasteiger partial charge is 0.368 e. The summed E-state index contributed by atoms with van der Waals surface area (Å²) in [6.07, 6.45) is 0. The fourth-order valence-corrected chi connectivity index (χ4v) is 3.99. The van der Waals surface area contributed by atoms with E-state index in [9.17, 15) is 8.42 Å². The van der Waals surface area contributed by atoms with Crippen LogP contribution in [0.5, 0.6) is 0 Å². The molecule has 2 aromatic carbocycles. The van der Waals surface area contributed by atoms with Crippen molar-refractivity contribution in [1.82, 2.24) is 4.90 Å². The van der Waals surface area contributed by atoms with Gasteiger partial charge in [-0.1, -0.05) is 17.7 Å². The number of nitrogens with two attached hydrogens (primary N) is 1. The Morgan fingerprint density at radius 2 is 1.74 bits per heavy atom. The summed E-state index contributed by atoms with van der Waals surface area (Å²) in [5.41, 5.74) is 3.07. The molecule has 1 aliphatic rings. The molecule has 0 saturated carbocycles. The van der Waals surface area contributed by atoms with Gasteiger partial charge in [0.1, 0.15) is 0 Å². The molecule has 0 unspecified atom stereocenters. The van der Waals surface area contributed by atoms with Crippen molar-refractivity contribution in [1.29, 1.82) is 0 Å². The van der Waals surface area contributed by atoms with Crippen molar-refractivity contribution in [2.45, 2.75) is 11.8 Å². The molecular formula is C18H21ClN4O2S2. The fourth-order valence-electron chi connectivity index (χ4n) is 3.00. The third kappa shape index (κ3) is 4.90. The van der Waals surface area contributed by atoms with E-state index >= 15 is 0 Å². The van der Waals surface area contributed by atoms with Crippen LogP contribution >= 0.6 is 23.8 Å². The molecule has 6 nitrogen and oxygen atoms in total. The van der Waals surface area contributed by atoms with Gasteiger partial charge in [-0.05, 0) is 61.1 Å². The lowest BCUT2D eigenvalue weighted by atomic mass is 10.1. The minimum absolute atomic E-state index is 0.0736. The van der Waals surface area contributed by atoms with Gasteiger partial charge >= 0.3 is 0 Å². The van der Waals surface area contributed by atoms with Crippen LogP contribution in [0.25, 0.3) is 0 Å². The molecule has 27 heavy (non-hydrogen) atoms. The number of nitrogens with one attached hydrogen (secondary N) is 1. The highest BCUT2D eigenvalue weighted by molar-refractivity contribution is 7.89. The van der Waals surface area contributed by atoms with Gasteiger partial charge in [-0.25, -0.2) is 13.6 Å². The van der Waals surface area contributed by atoms with Gasteiger partial charge in [0.25, 0.3) is 0 Å². The summed E-state index contributed by atoms with van der Waals surface area (Å²) >= 11 is 11.6. The maximum Gasteiger partial charge on any atom is 0.238 e. The molecular weight excluding hydrogens is 404 g/mol. The van der Waals surface area contributed by atoms with Crippen LogP contribution in [-0.4, -0.2) is 44.6 Å². The Labute approximate surface area is 170 Å². The zero-order valence-corrected chi connectivity index (χ0v) is 17.2. The number of hydrogen-bond acceptors (Lipinski definition) is 4.